The highest BCUT2D eigenvalue weighted by atomic mass is 79.9. The summed E-state index contributed by atoms with van der Waals surface area (Å²) >= 11 is 9.44. The lowest BCUT2D eigenvalue weighted by Crippen LogP contribution is -2.51. The zero-order valence-electron chi connectivity index (χ0n) is 20.0. The summed E-state index contributed by atoms with van der Waals surface area (Å²) in [5, 5.41) is 3.54. The van der Waals surface area contributed by atoms with Crippen molar-refractivity contribution < 1.29 is 14.3 Å². The summed E-state index contributed by atoms with van der Waals surface area (Å²) in [5.41, 5.74) is 3.05. The van der Waals surface area contributed by atoms with E-state index in [1.807, 2.05) is 68.4 Å². The van der Waals surface area contributed by atoms with Gasteiger partial charge in [-0.2, -0.15) is 0 Å². The van der Waals surface area contributed by atoms with Gasteiger partial charge in [0.05, 0.1) is 4.47 Å². The number of aryl methyl sites for hydroxylation is 1. The SMILES string of the molecule is CCCNC(=O)[C@@H](Cc1ccccc1)N(Cc1ccc(C)cc1)C(=O)COc1ccc(Cl)cc1Br. The highest BCUT2D eigenvalue weighted by molar-refractivity contribution is 9.10. The summed E-state index contributed by atoms with van der Waals surface area (Å²) < 4.78 is 6.48. The van der Waals surface area contributed by atoms with Crippen LogP contribution in [0, 0.1) is 6.92 Å². The molecule has 0 aliphatic heterocycles. The Morgan fingerprint density at radius 1 is 1.03 bits per heavy atom. The third kappa shape index (κ3) is 8.11. The minimum atomic E-state index is -0.685. The van der Waals surface area contributed by atoms with E-state index < -0.39 is 6.04 Å². The maximum atomic E-state index is 13.6. The molecule has 35 heavy (non-hydrogen) atoms. The molecule has 2 amide bonds. The summed E-state index contributed by atoms with van der Waals surface area (Å²) in [6, 6.07) is 22.1. The molecule has 0 saturated heterocycles. The van der Waals surface area contributed by atoms with Crippen LogP contribution < -0.4 is 10.1 Å². The minimum Gasteiger partial charge on any atom is -0.483 e. The fourth-order valence-electron chi connectivity index (χ4n) is 3.62. The molecule has 0 radical (unpaired) electrons. The maximum Gasteiger partial charge on any atom is 0.261 e. The molecule has 1 atom stereocenters. The van der Waals surface area contributed by atoms with E-state index >= 15 is 0 Å². The summed E-state index contributed by atoms with van der Waals surface area (Å²) in [4.78, 5) is 28.5. The van der Waals surface area contributed by atoms with Crippen molar-refractivity contribution >= 4 is 39.3 Å². The van der Waals surface area contributed by atoms with E-state index in [0.29, 0.717) is 34.8 Å². The van der Waals surface area contributed by atoms with Gasteiger partial charge in [-0.25, -0.2) is 0 Å². The lowest BCUT2D eigenvalue weighted by molar-refractivity contribution is -0.142. The van der Waals surface area contributed by atoms with E-state index in [4.69, 9.17) is 16.3 Å². The van der Waals surface area contributed by atoms with E-state index in [9.17, 15) is 9.59 Å². The molecule has 0 saturated carbocycles. The van der Waals surface area contributed by atoms with Crippen LogP contribution in [0.4, 0.5) is 0 Å². The molecular formula is C28H30BrClN2O3. The fraction of sp³-hybridized carbons (Fsp3) is 0.286. The van der Waals surface area contributed by atoms with Crippen LogP contribution in [0.1, 0.15) is 30.0 Å². The van der Waals surface area contributed by atoms with Crippen molar-refractivity contribution in [2.24, 2.45) is 0 Å². The summed E-state index contributed by atoms with van der Waals surface area (Å²) in [5.74, 6) is 0.0527. The number of rotatable bonds is 11. The lowest BCUT2D eigenvalue weighted by atomic mass is 10.0. The topological polar surface area (TPSA) is 58.6 Å². The number of hydrogen-bond donors (Lipinski definition) is 1. The van der Waals surface area contributed by atoms with E-state index in [2.05, 4.69) is 21.2 Å². The molecule has 3 aromatic carbocycles. The first-order chi connectivity index (χ1) is 16.9. The Balaban J connectivity index is 1.89. The number of nitrogens with one attached hydrogen (secondary N) is 1. The zero-order valence-corrected chi connectivity index (χ0v) is 22.3. The van der Waals surface area contributed by atoms with Gasteiger partial charge in [0.15, 0.2) is 6.61 Å². The van der Waals surface area contributed by atoms with Gasteiger partial charge in [0.2, 0.25) is 5.91 Å². The predicted octanol–water partition coefficient (Wildman–Crippen LogP) is 5.96. The number of halogens is 2. The maximum absolute atomic E-state index is 13.6. The average molecular weight is 558 g/mol. The Morgan fingerprint density at radius 2 is 1.74 bits per heavy atom. The Labute approximate surface area is 220 Å². The number of hydrogen-bond acceptors (Lipinski definition) is 3. The van der Waals surface area contributed by atoms with Crippen molar-refractivity contribution in [3.8, 4) is 5.75 Å². The van der Waals surface area contributed by atoms with Crippen LogP contribution in [0.25, 0.3) is 0 Å². The van der Waals surface area contributed by atoms with Crippen LogP contribution in [0.15, 0.2) is 77.3 Å². The number of amides is 2. The van der Waals surface area contributed by atoms with Crippen molar-refractivity contribution in [2.45, 2.75) is 39.3 Å². The van der Waals surface area contributed by atoms with E-state index in [0.717, 1.165) is 23.1 Å². The molecule has 0 aromatic heterocycles. The van der Waals surface area contributed by atoms with Crippen LogP contribution >= 0.6 is 27.5 Å². The normalized spacial score (nSPS) is 11.5. The summed E-state index contributed by atoms with van der Waals surface area (Å²) in [6.07, 6.45) is 1.21. The molecule has 0 heterocycles. The summed E-state index contributed by atoms with van der Waals surface area (Å²) in [6.45, 7) is 4.64. The van der Waals surface area contributed by atoms with Crippen molar-refractivity contribution in [1.29, 1.82) is 0 Å². The number of ether oxygens (including phenoxy) is 1. The van der Waals surface area contributed by atoms with Gasteiger partial charge in [0.25, 0.3) is 5.91 Å². The molecule has 0 spiro atoms. The fourth-order valence-corrected chi connectivity index (χ4v) is 4.42. The van der Waals surface area contributed by atoms with Gasteiger partial charge in [-0.15, -0.1) is 0 Å². The number of benzene rings is 3. The van der Waals surface area contributed by atoms with Gasteiger partial charge in [0, 0.05) is 24.5 Å². The van der Waals surface area contributed by atoms with Gasteiger partial charge in [0.1, 0.15) is 11.8 Å². The van der Waals surface area contributed by atoms with Crippen molar-refractivity contribution in [2.75, 3.05) is 13.2 Å². The monoisotopic (exact) mass is 556 g/mol. The first-order valence-electron chi connectivity index (χ1n) is 11.6. The molecule has 5 nitrogen and oxygen atoms in total. The Kier molecular flexibility index (Phi) is 10.2. The van der Waals surface area contributed by atoms with Crippen LogP contribution in [0.5, 0.6) is 5.75 Å². The second-order valence-corrected chi connectivity index (χ2v) is 9.66. The minimum absolute atomic E-state index is 0.177. The molecule has 184 valence electrons. The number of carbonyl (C=O) groups excluding carboxylic acids is 2. The van der Waals surface area contributed by atoms with Crippen molar-refractivity contribution in [3.63, 3.8) is 0 Å². The van der Waals surface area contributed by atoms with Crippen LogP contribution in [0.2, 0.25) is 5.02 Å². The standard InChI is InChI=1S/C28H30BrClN2O3/c1-3-15-31-28(34)25(16-21-7-5-4-6-8-21)32(18-22-11-9-20(2)10-12-22)27(33)19-35-26-14-13-23(30)17-24(26)29/h4-14,17,25H,3,15-16,18-19H2,1-2H3,(H,31,34)/t25-/m1/s1. The van der Waals surface area contributed by atoms with Crippen molar-refractivity contribution in [1.82, 2.24) is 10.2 Å². The van der Waals surface area contributed by atoms with E-state index in [1.165, 1.54) is 0 Å². The van der Waals surface area contributed by atoms with Crippen LogP contribution in [-0.2, 0) is 22.6 Å². The number of carbonyl (C=O) groups is 2. The van der Waals surface area contributed by atoms with Gasteiger partial charge in [-0.3, -0.25) is 9.59 Å². The van der Waals surface area contributed by atoms with Gasteiger partial charge >= 0.3 is 0 Å². The van der Waals surface area contributed by atoms with Crippen LogP contribution in [0.3, 0.4) is 0 Å². The quantitative estimate of drug-likeness (QED) is 0.317. The zero-order chi connectivity index (χ0) is 25.2. The second-order valence-electron chi connectivity index (χ2n) is 8.37. The Bertz CT molecular complexity index is 1120. The molecule has 0 bridgehead atoms. The third-order valence-electron chi connectivity index (χ3n) is 5.54. The highest BCUT2D eigenvalue weighted by Crippen LogP contribution is 2.28. The molecule has 0 fully saturated rings. The van der Waals surface area contributed by atoms with Gasteiger partial charge in [-0.05, 0) is 58.6 Å². The third-order valence-corrected chi connectivity index (χ3v) is 6.39. The largest absolute Gasteiger partial charge is 0.483 e. The molecular weight excluding hydrogens is 528 g/mol. The first kappa shape index (κ1) is 26.8. The molecule has 7 heteroatoms. The Hall–Kier alpha value is -2.83. The van der Waals surface area contributed by atoms with Crippen molar-refractivity contribution in [3.05, 3.63) is 99.0 Å². The predicted molar refractivity (Wildman–Crippen MR) is 144 cm³/mol. The Morgan fingerprint density at radius 3 is 2.40 bits per heavy atom. The summed E-state index contributed by atoms with van der Waals surface area (Å²) in [7, 11) is 0. The molecule has 0 aliphatic rings. The number of nitrogens with zero attached hydrogens (tertiary/aromatic N) is 1. The highest BCUT2D eigenvalue weighted by Gasteiger charge is 2.30. The van der Waals surface area contributed by atoms with E-state index in [-0.39, 0.29) is 18.4 Å². The first-order valence-corrected chi connectivity index (χ1v) is 12.8. The smallest absolute Gasteiger partial charge is 0.261 e. The van der Waals surface area contributed by atoms with Crippen LogP contribution in [-0.4, -0.2) is 35.9 Å². The molecule has 3 rings (SSSR count). The molecule has 0 aliphatic carbocycles. The van der Waals surface area contributed by atoms with Gasteiger partial charge in [-0.1, -0.05) is 78.7 Å². The molecule has 0 unspecified atom stereocenters. The van der Waals surface area contributed by atoms with Gasteiger partial charge < -0.3 is 15.0 Å². The lowest BCUT2D eigenvalue weighted by Gasteiger charge is -2.31. The molecule has 1 N–H and O–H groups in total. The average Bonchev–Trinajstić information content (AvgIpc) is 2.85. The second kappa shape index (κ2) is 13.3. The molecule has 3 aromatic rings. The van der Waals surface area contributed by atoms with E-state index in [1.54, 1.807) is 23.1 Å².